The summed E-state index contributed by atoms with van der Waals surface area (Å²) in [5.74, 6) is 1.83. The second-order valence-electron chi connectivity index (χ2n) is 6.21. The molecular formula is C17H30FN3. The molecule has 0 saturated carbocycles. The van der Waals surface area contributed by atoms with Gasteiger partial charge in [0.1, 0.15) is 11.6 Å². The van der Waals surface area contributed by atoms with E-state index in [0.717, 1.165) is 37.4 Å². The Morgan fingerprint density at radius 1 is 1.29 bits per heavy atom. The maximum absolute atomic E-state index is 13.5. The number of pyridine rings is 1. The van der Waals surface area contributed by atoms with Gasteiger partial charge < -0.3 is 10.2 Å². The fraction of sp³-hybridized carbons (Fsp3) is 0.706. The Labute approximate surface area is 129 Å². The predicted molar refractivity (Wildman–Crippen MR) is 88.1 cm³/mol. The standard InChI is InChI=1S/C17H30FN3/c1-6-14(5)12-21(7-2)17-15(8-16(18)11-20-17)10-19-9-13(3)4/h8,11,13-14,19H,6-7,9-10,12H2,1-5H3. The second-order valence-corrected chi connectivity index (χ2v) is 6.21. The molecular weight excluding hydrogens is 265 g/mol. The minimum absolute atomic E-state index is 0.264. The van der Waals surface area contributed by atoms with Crippen molar-refractivity contribution in [2.75, 3.05) is 24.5 Å². The van der Waals surface area contributed by atoms with Crippen LogP contribution in [0.5, 0.6) is 0 Å². The van der Waals surface area contributed by atoms with Crippen LogP contribution in [0.3, 0.4) is 0 Å². The van der Waals surface area contributed by atoms with Crippen molar-refractivity contribution in [1.29, 1.82) is 0 Å². The maximum Gasteiger partial charge on any atom is 0.141 e. The van der Waals surface area contributed by atoms with Crippen molar-refractivity contribution in [2.24, 2.45) is 11.8 Å². The number of nitrogens with zero attached hydrogens (tertiary/aromatic N) is 2. The van der Waals surface area contributed by atoms with Crippen LogP contribution in [-0.2, 0) is 6.54 Å². The molecule has 0 saturated heterocycles. The summed E-state index contributed by atoms with van der Waals surface area (Å²) >= 11 is 0. The van der Waals surface area contributed by atoms with Crippen molar-refractivity contribution < 1.29 is 4.39 Å². The first-order valence-corrected chi connectivity index (χ1v) is 8.07. The zero-order chi connectivity index (χ0) is 15.8. The van der Waals surface area contributed by atoms with Crippen LogP contribution >= 0.6 is 0 Å². The summed E-state index contributed by atoms with van der Waals surface area (Å²) in [6, 6.07) is 1.61. The van der Waals surface area contributed by atoms with Gasteiger partial charge in [-0.25, -0.2) is 9.37 Å². The van der Waals surface area contributed by atoms with Crippen molar-refractivity contribution in [3.63, 3.8) is 0 Å². The lowest BCUT2D eigenvalue weighted by molar-refractivity contribution is 0.534. The molecule has 0 aromatic carbocycles. The Morgan fingerprint density at radius 2 is 2.00 bits per heavy atom. The van der Waals surface area contributed by atoms with Gasteiger partial charge in [0.05, 0.1) is 6.20 Å². The van der Waals surface area contributed by atoms with Crippen LogP contribution < -0.4 is 10.2 Å². The Bertz CT molecular complexity index is 420. The van der Waals surface area contributed by atoms with Gasteiger partial charge in [-0.05, 0) is 31.4 Å². The summed E-state index contributed by atoms with van der Waals surface area (Å²) in [7, 11) is 0. The number of nitrogens with one attached hydrogen (secondary N) is 1. The van der Waals surface area contributed by atoms with Crippen LogP contribution in [0.4, 0.5) is 10.2 Å². The molecule has 3 nitrogen and oxygen atoms in total. The topological polar surface area (TPSA) is 28.2 Å². The molecule has 0 aliphatic heterocycles. The molecule has 0 amide bonds. The van der Waals surface area contributed by atoms with Gasteiger partial charge in [0.25, 0.3) is 0 Å². The minimum Gasteiger partial charge on any atom is -0.356 e. The van der Waals surface area contributed by atoms with Gasteiger partial charge in [-0.3, -0.25) is 0 Å². The smallest absolute Gasteiger partial charge is 0.141 e. The van der Waals surface area contributed by atoms with Crippen molar-refractivity contribution in [3.05, 3.63) is 23.6 Å². The molecule has 1 rings (SSSR count). The third kappa shape index (κ3) is 6.00. The summed E-state index contributed by atoms with van der Waals surface area (Å²) in [6.07, 6.45) is 2.46. The largest absolute Gasteiger partial charge is 0.356 e. The average Bonchev–Trinajstić information content (AvgIpc) is 2.44. The van der Waals surface area contributed by atoms with Crippen molar-refractivity contribution in [1.82, 2.24) is 10.3 Å². The second kappa shape index (κ2) is 8.98. The quantitative estimate of drug-likeness (QED) is 0.750. The molecule has 1 unspecified atom stereocenters. The van der Waals surface area contributed by atoms with Crippen LogP contribution in [0.15, 0.2) is 12.3 Å². The normalized spacial score (nSPS) is 12.7. The third-order valence-corrected chi connectivity index (χ3v) is 3.69. The van der Waals surface area contributed by atoms with Crippen LogP contribution in [0, 0.1) is 17.7 Å². The van der Waals surface area contributed by atoms with E-state index < -0.39 is 0 Å². The summed E-state index contributed by atoms with van der Waals surface area (Å²) in [6.45, 7) is 14.3. The van der Waals surface area contributed by atoms with E-state index in [1.807, 2.05) is 0 Å². The van der Waals surface area contributed by atoms with E-state index in [1.54, 1.807) is 6.07 Å². The Morgan fingerprint density at radius 3 is 2.57 bits per heavy atom. The van der Waals surface area contributed by atoms with E-state index in [1.165, 1.54) is 6.20 Å². The van der Waals surface area contributed by atoms with Crippen molar-refractivity contribution >= 4 is 5.82 Å². The summed E-state index contributed by atoms with van der Waals surface area (Å²) in [5, 5.41) is 3.38. The van der Waals surface area contributed by atoms with Crippen LogP contribution in [-0.4, -0.2) is 24.6 Å². The molecule has 1 aromatic rings. The number of hydrogen-bond donors (Lipinski definition) is 1. The molecule has 120 valence electrons. The first-order valence-electron chi connectivity index (χ1n) is 8.07. The fourth-order valence-corrected chi connectivity index (χ4v) is 2.25. The molecule has 21 heavy (non-hydrogen) atoms. The van der Waals surface area contributed by atoms with Crippen LogP contribution in [0.2, 0.25) is 0 Å². The van der Waals surface area contributed by atoms with Crippen LogP contribution in [0.25, 0.3) is 0 Å². The molecule has 1 heterocycles. The van der Waals surface area contributed by atoms with E-state index in [4.69, 9.17) is 0 Å². The molecule has 1 aromatic heterocycles. The number of halogens is 1. The maximum atomic E-state index is 13.5. The highest BCUT2D eigenvalue weighted by molar-refractivity contribution is 5.47. The van der Waals surface area contributed by atoms with E-state index in [-0.39, 0.29) is 5.82 Å². The predicted octanol–water partition coefficient (Wildman–Crippen LogP) is 3.84. The average molecular weight is 295 g/mol. The molecule has 0 aliphatic rings. The van der Waals surface area contributed by atoms with Crippen molar-refractivity contribution in [2.45, 2.75) is 47.6 Å². The Hall–Kier alpha value is -1.16. The third-order valence-electron chi connectivity index (χ3n) is 3.69. The van der Waals surface area contributed by atoms with E-state index >= 15 is 0 Å². The molecule has 1 atom stereocenters. The monoisotopic (exact) mass is 295 g/mol. The molecule has 4 heteroatoms. The molecule has 0 fully saturated rings. The zero-order valence-electron chi connectivity index (χ0n) is 14.1. The van der Waals surface area contributed by atoms with E-state index in [9.17, 15) is 4.39 Å². The van der Waals surface area contributed by atoms with Gasteiger partial charge in [-0.2, -0.15) is 0 Å². The SMILES string of the molecule is CCC(C)CN(CC)c1ncc(F)cc1CNCC(C)C. The summed E-state index contributed by atoms with van der Waals surface area (Å²) in [5.41, 5.74) is 0.945. The highest BCUT2D eigenvalue weighted by Crippen LogP contribution is 2.20. The van der Waals surface area contributed by atoms with Gasteiger partial charge in [0, 0.05) is 25.2 Å². The van der Waals surface area contributed by atoms with Crippen LogP contribution in [0.1, 0.15) is 46.6 Å². The molecule has 0 aliphatic carbocycles. The highest BCUT2D eigenvalue weighted by atomic mass is 19.1. The molecule has 0 bridgehead atoms. The highest BCUT2D eigenvalue weighted by Gasteiger charge is 2.14. The minimum atomic E-state index is -0.264. The Kier molecular flexibility index (Phi) is 7.65. The number of aromatic nitrogens is 1. The first kappa shape index (κ1) is 17.9. The number of rotatable bonds is 9. The van der Waals surface area contributed by atoms with E-state index in [2.05, 4.69) is 49.8 Å². The fourth-order valence-electron chi connectivity index (χ4n) is 2.25. The summed E-state index contributed by atoms with van der Waals surface area (Å²) in [4.78, 5) is 6.60. The van der Waals surface area contributed by atoms with Gasteiger partial charge >= 0.3 is 0 Å². The van der Waals surface area contributed by atoms with Gasteiger partial charge in [-0.15, -0.1) is 0 Å². The first-order chi connectivity index (χ1) is 9.97. The molecule has 0 radical (unpaired) electrons. The van der Waals surface area contributed by atoms with Crippen molar-refractivity contribution in [3.8, 4) is 0 Å². The van der Waals surface area contributed by atoms with Gasteiger partial charge in [0.15, 0.2) is 0 Å². The number of anilines is 1. The molecule has 1 N–H and O–H groups in total. The molecule has 0 spiro atoms. The van der Waals surface area contributed by atoms with E-state index in [0.29, 0.717) is 18.4 Å². The summed E-state index contributed by atoms with van der Waals surface area (Å²) < 4.78 is 13.5. The lowest BCUT2D eigenvalue weighted by Crippen LogP contribution is -2.31. The zero-order valence-corrected chi connectivity index (χ0v) is 14.1. The van der Waals surface area contributed by atoms with Gasteiger partial charge in [-0.1, -0.05) is 34.1 Å². The Balaban J connectivity index is 2.87. The lowest BCUT2D eigenvalue weighted by atomic mass is 10.1. The van der Waals surface area contributed by atoms with Gasteiger partial charge in [0.2, 0.25) is 0 Å². The number of hydrogen-bond acceptors (Lipinski definition) is 3. The lowest BCUT2D eigenvalue weighted by Gasteiger charge is -2.27.